The molecule has 9 heteroatoms. The Morgan fingerprint density at radius 1 is 1.09 bits per heavy atom. The second-order valence-corrected chi connectivity index (χ2v) is 7.81. The predicted octanol–water partition coefficient (Wildman–Crippen LogP) is 2.80. The fourth-order valence-electron chi connectivity index (χ4n) is 3.67. The number of ketones is 1. The summed E-state index contributed by atoms with van der Waals surface area (Å²) in [5.41, 5.74) is 0.106. The number of Topliss-reactive ketones (excluding diaryl/α,β-unsaturated/α-hetero) is 1. The summed E-state index contributed by atoms with van der Waals surface area (Å²) in [5.74, 6) is 0.0312. The van der Waals surface area contributed by atoms with E-state index in [0.29, 0.717) is 34.7 Å². The Morgan fingerprint density at radius 2 is 1.81 bits per heavy atom. The number of urea groups is 1. The molecule has 9 nitrogen and oxygen atoms in total. The highest BCUT2D eigenvalue weighted by atomic mass is 16.7. The van der Waals surface area contributed by atoms with Gasteiger partial charge in [-0.05, 0) is 55.3 Å². The molecule has 1 unspecified atom stereocenters. The van der Waals surface area contributed by atoms with Crippen molar-refractivity contribution in [3.05, 3.63) is 53.6 Å². The van der Waals surface area contributed by atoms with Crippen LogP contribution >= 0.6 is 0 Å². The molecule has 1 saturated heterocycles. The average molecular weight is 437 g/mol. The van der Waals surface area contributed by atoms with Gasteiger partial charge in [0.15, 0.2) is 17.3 Å². The first-order chi connectivity index (χ1) is 15.3. The summed E-state index contributed by atoms with van der Waals surface area (Å²) < 4.78 is 10.7. The summed E-state index contributed by atoms with van der Waals surface area (Å²) in [7, 11) is 0. The number of anilines is 1. The molecule has 2 heterocycles. The van der Waals surface area contributed by atoms with Gasteiger partial charge in [-0.25, -0.2) is 4.79 Å². The van der Waals surface area contributed by atoms with Gasteiger partial charge in [0, 0.05) is 17.7 Å². The zero-order valence-electron chi connectivity index (χ0n) is 17.8. The Labute approximate surface area is 184 Å². The van der Waals surface area contributed by atoms with Crippen LogP contribution in [0.1, 0.15) is 42.6 Å². The number of hydrogen-bond donors (Lipinski definition) is 2. The molecule has 1 fully saturated rings. The first-order valence-corrected chi connectivity index (χ1v) is 10.3. The van der Waals surface area contributed by atoms with Crippen LogP contribution in [0.25, 0.3) is 0 Å². The molecule has 166 valence electrons. The van der Waals surface area contributed by atoms with Crippen LogP contribution in [0.4, 0.5) is 10.5 Å². The van der Waals surface area contributed by atoms with E-state index in [1.54, 1.807) is 49.4 Å². The van der Waals surface area contributed by atoms with Crippen LogP contribution in [0.3, 0.4) is 0 Å². The third kappa shape index (κ3) is 3.89. The van der Waals surface area contributed by atoms with E-state index in [1.807, 2.05) is 6.92 Å². The zero-order valence-corrected chi connectivity index (χ0v) is 17.8. The van der Waals surface area contributed by atoms with Gasteiger partial charge in [-0.1, -0.05) is 13.0 Å². The van der Waals surface area contributed by atoms with E-state index >= 15 is 0 Å². The van der Waals surface area contributed by atoms with E-state index in [-0.39, 0.29) is 12.7 Å². The van der Waals surface area contributed by atoms with Crippen molar-refractivity contribution in [3.8, 4) is 11.5 Å². The Bertz CT molecular complexity index is 1100. The zero-order chi connectivity index (χ0) is 22.9. The smallest absolute Gasteiger partial charge is 0.325 e. The van der Waals surface area contributed by atoms with Gasteiger partial charge in [0.2, 0.25) is 12.7 Å². The lowest BCUT2D eigenvalue weighted by Gasteiger charge is -2.22. The number of amides is 4. The van der Waals surface area contributed by atoms with Crippen molar-refractivity contribution in [1.29, 1.82) is 0 Å². The van der Waals surface area contributed by atoms with Crippen LogP contribution in [0.15, 0.2) is 42.5 Å². The number of benzene rings is 2. The van der Waals surface area contributed by atoms with E-state index in [1.165, 1.54) is 0 Å². The molecule has 0 bridgehead atoms. The lowest BCUT2D eigenvalue weighted by molar-refractivity contribution is -0.130. The molecule has 0 radical (unpaired) electrons. The Balaban J connectivity index is 1.46. The van der Waals surface area contributed by atoms with Gasteiger partial charge in [0.1, 0.15) is 5.54 Å². The molecule has 0 aromatic heterocycles. The first kappa shape index (κ1) is 21.4. The van der Waals surface area contributed by atoms with E-state index in [0.717, 1.165) is 11.3 Å². The maximum absolute atomic E-state index is 13.1. The molecule has 0 aliphatic carbocycles. The maximum atomic E-state index is 13.1. The fourth-order valence-corrected chi connectivity index (χ4v) is 3.67. The molecule has 4 rings (SSSR count). The summed E-state index contributed by atoms with van der Waals surface area (Å²) in [4.78, 5) is 51.0. The minimum Gasteiger partial charge on any atom is -0.454 e. The second kappa shape index (κ2) is 8.33. The molecular formula is C23H23N3O6. The van der Waals surface area contributed by atoms with Gasteiger partial charge >= 0.3 is 6.03 Å². The minimum atomic E-state index is -1.33. The SMILES string of the molecule is CCCC(=O)Nc1ccc(C(=O)CN2C(=O)NC(C)(c3ccc4c(c3)OCO4)C2=O)cc1. The van der Waals surface area contributed by atoms with Crippen molar-refractivity contribution in [2.24, 2.45) is 0 Å². The third-order valence-corrected chi connectivity index (χ3v) is 5.49. The van der Waals surface area contributed by atoms with E-state index in [9.17, 15) is 19.2 Å². The standard InChI is InChI=1S/C23H23N3O6/c1-3-4-20(28)24-16-8-5-14(6-9-16)17(27)12-26-21(29)23(2,25-22(26)30)15-7-10-18-19(11-15)32-13-31-18/h5-11H,3-4,12-13H2,1-2H3,(H,24,28)(H,25,30). The quantitative estimate of drug-likeness (QED) is 0.509. The third-order valence-electron chi connectivity index (χ3n) is 5.49. The van der Waals surface area contributed by atoms with Gasteiger partial charge in [-0.15, -0.1) is 0 Å². The number of carbonyl (C=O) groups excluding carboxylic acids is 4. The Hall–Kier alpha value is -3.88. The number of carbonyl (C=O) groups is 4. The maximum Gasteiger partial charge on any atom is 0.325 e. The summed E-state index contributed by atoms with van der Waals surface area (Å²) >= 11 is 0. The topological polar surface area (TPSA) is 114 Å². The van der Waals surface area contributed by atoms with Crippen molar-refractivity contribution in [2.75, 3.05) is 18.7 Å². The molecule has 32 heavy (non-hydrogen) atoms. The van der Waals surface area contributed by atoms with Crippen molar-refractivity contribution < 1.29 is 28.7 Å². The minimum absolute atomic E-state index is 0.0947. The molecule has 2 N–H and O–H groups in total. The van der Waals surface area contributed by atoms with E-state index in [4.69, 9.17) is 9.47 Å². The van der Waals surface area contributed by atoms with Gasteiger partial charge in [-0.3, -0.25) is 19.3 Å². The van der Waals surface area contributed by atoms with Crippen LogP contribution < -0.4 is 20.1 Å². The highest BCUT2D eigenvalue weighted by molar-refractivity contribution is 6.11. The fraction of sp³-hybridized carbons (Fsp3) is 0.304. The predicted molar refractivity (Wildman–Crippen MR) is 114 cm³/mol. The van der Waals surface area contributed by atoms with Gasteiger partial charge in [0.25, 0.3) is 5.91 Å². The molecule has 0 spiro atoms. The van der Waals surface area contributed by atoms with Crippen LogP contribution in [-0.2, 0) is 15.1 Å². The molecule has 1 atom stereocenters. The van der Waals surface area contributed by atoms with Crippen molar-refractivity contribution in [1.82, 2.24) is 10.2 Å². The van der Waals surface area contributed by atoms with Gasteiger partial charge < -0.3 is 20.1 Å². The summed E-state index contributed by atoms with van der Waals surface area (Å²) in [5, 5.41) is 5.42. The second-order valence-electron chi connectivity index (χ2n) is 7.81. The van der Waals surface area contributed by atoms with Crippen molar-refractivity contribution in [2.45, 2.75) is 32.2 Å². The highest BCUT2D eigenvalue weighted by Gasteiger charge is 2.49. The van der Waals surface area contributed by atoms with E-state index < -0.39 is 29.8 Å². The normalized spacial score (nSPS) is 19.1. The highest BCUT2D eigenvalue weighted by Crippen LogP contribution is 2.37. The lowest BCUT2D eigenvalue weighted by atomic mass is 9.91. The molecule has 2 aliphatic rings. The van der Waals surface area contributed by atoms with Crippen LogP contribution in [0.2, 0.25) is 0 Å². The monoisotopic (exact) mass is 437 g/mol. The molecule has 2 aromatic rings. The number of hydrogen-bond acceptors (Lipinski definition) is 6. The summed E-state index contributed by atoms with van der Waals surface area (Å²) in [6.07, 6.45) is 1.15. The van der Waals surface area contributed by atoms with Gasteiger partial charge in [-0.2, -0.15) is 0 Å². The van der Waals surface area contributed by atoms with E-state index in [2.05, 4.69) is 10.6 Å². The van der Waals surface area contributed by atoms with Crippen LogP contribution in [0.5, 0.6) is 11.5 Å². The first-order valence-electron chi connectivity index (χ1n) is 10.3. The molecule has 0 saturated carbocycles. The Morgan fingerprint density at radius 3 is 2.53 bits per heavy atom. The molecular weight excluding hydrogens is 414 g/mol. The molecule has 2 aliphatic heterocycles. The number of imide groups is 1. The van der Waals surface area contributed by atoms with Gasteiger partial charge in [0.05, 0.1) is 6.54 Å². The number of nitrogens with one attached hydrogen (secondary N) is 2. The van der Waals surface area contributed by atoms with Crippen LogP contribution in [0, 0.1) is 0 Å². The summed E-state index contributed by atoms with van der Waals surface area (Å²) in [6.45, 7) is 3.20. The average Bonchev–Trinajstić information content (AvgIpc) is 3.32. The van der Waals surface area contributed by atoms with Crippen LogP contribution in [-0.4, -0.2) is 41.9 Å². The largest absolute Gasteiger partial charge is 0.454 e. The number of ether oxygens (including phenoxy) is 2. The Kier molecular flexibility index (Phi) is 5.56. The van der Waals surface area contributed by atoms with Crippen molar-refractivity contribution >= 4 is 29.3 Å². The molecule has 4 amide bonds. The van der Waals surface area contributed by atoms with Crippen molar-refractivity contribution in [3.63, 3.8) is 0 Å². The number of fused-ring (bicyclic) bond motifs is 1. The summed E-state index contributed by atoms with van der Waals surface area (Å²) in [6, 6.07) is 10.7. The molecule has 2 aromatic carbocycles. The number of nitrogens with zero attached hydrogens (tertiary/aromatic N) is 1. The lowest BCUT2D eigenvalue weighted by Crippen LogP contribution is -2.41. The number of rotatable bonds is 7.